The maximum atomic E-state index is 12.8. The standard InChI is InChI=1S/C20H29N3O3S/c1-21(2)27(25,26)22-13-16-12-17(14-22)19(11-15-7-4-3-5-8-15)23-18(16)9-6-10-20(23)24/h3-5,7-8,16-19H,6,9-14H2,1-2H3/t16-,17+,18+,19+/m1/s1. The van der Waals surface area contributed by atoms with Crippen molar-refractivity contribution in [2.24, 2.45) is 11.8 Å². The summed E-state index contributed by atoms with van der Waals surface area (Å²) in [5.41, 5.74) is 1.21. The molecule has 0 aliphatic carbocycles. The number of carbonyl (C=O) groups is 1. The van der Waals surface area contributed by atoms with Crippen LogP contribution in [0.2, 0.25) is 0 Å². The van der Waals surface area contributed by atoms with Crippen molar-refractivity contribution in [3.63, 3.8) is 0 Å². The molecule has 0 aromatic heterocycles. The summed E-state index contributed by atoms with van der Waals surface area (Å²) in [5.74, 6) is 0.692. The summed E-state index contributed by atoms with van der Waals surface area (Å²) in [7, 11) is -0.237. The van der Waals surface area contributed by atoms with Crippen molar-refractivity contribution in [2.75, 3.05) is 27.2 Å². The Morgan fingerprint density at radius 2 is 1.81 bits per heavy atom. The molecule has 0 saturated carbocycles. The van der Waals surface area contributed by atoms with Crippen LogP contribution in [0, 0.1) is 11.8 Å². The lowest BCUT2D eigenvalue weighted by Crippen LogP contribution is -2.66. The van der Waals surface area contributed by atoms with Gasteiger partial charge in [-0.15, -0.1) is 0 Å². The zero-order chi connectivity index (χ0) is 19.2. The second-order valence-electron chi connectivity index (χ2n) is 8.38. The molecule has 2 bridgehead atoms. The normalized spacial score (nSPS) is 31.8. The largest absolute Gasteiger partial charge is 0.336 e. The number of rotatable bonds is 4. The van der Waals surface area contributed by atoms with Gasteiger partial charge in [0.15, 0.2) is 0 Å². The van der Waals surface area contributed by atoms with E-state index in [1.807, 2.05) is 18.2 Å². The molecule has 4 rings (SSSR count). The fraction of sp³-hybridized carbons (Fsp3) is 0.650. The van der Waals surface area contributed by atoms with E-state index in [2.05, 4.69) is 17.0 Å². The van der Waals surface area contributed by atoms with E-state index in [9.17, 15) is 13.2 Å². The highest BCUT2D eigenvalue weighted by Crippen LogP contribution is 2.43. The number of nitrogens with zero attached hydrogens (tertiary/aromatic N) is 3. The highest BCUT2D eigenvalue weighted by Gasteiger charge is 2.51. The van der Waals surface area contributed by atoms with Gasteiger partial charge in [0.25, 0.3) is 10.2 Å². The van der Waals surface area contributed by atoms with Crippen LogP contribution < -0.4 is 0 Å². The molecule has 0 spiro atoms. The molecular formula is C20H29N3O3S. The zero-order valence-electron chi connectivity index (χ0n) is 16.1. The monoisotopic (exact) mass is 391 g/mol. The summed E-state index contributed by atoms with van der Waals surface area (Å²) in [6.07, 6.45) is 4.35. The van der Waals surface area contributed by atoms with Crippen molar-refractivity contribution in [1.29, 1.82) is 0 Å². The van der Waals surface area contributed by atoms with Gasteiger partial charge in [-0.05, 0) is 43.1 Å². The smallest absolute Gasteiger partial charge is 0.281 e. The van der Waals surface area contributed by atoms with Gasteiger partial charge in [0.05, 0.1) is 0 Å². The molecule has 3 aliphatic heterocycles. The number of carbonyl (C=O) groups excluding carboxylic acids is 1. The SMILES string of the molecule is CN(C)S(=O)(=O)N1C[C@H]2C[C@@H](C1)[C@H](Cc1ccccc1)N1C(=O)CCC[C@@H]21. The van der Waals surface area contributed by atoms with E-state index in [1.54, 1.807) is 18.4 Å². The number of piperidine rings is 3. The number of benzene rings is 1. The van der Waals surface area contributed by atoms with Gasteiger partial charge in [0.2, 0.25) is 5.91 Å². The quantitative estimate of drug-likeness (QED) is 0.785. The van der Waals surface area contributed by atoms with Gasteiger partial charge in [-0.1, -0.05) is 30.3 Å². The molecule has 0 unspecified atom stereocenters. The van der Waals surface area contributed by atoms with Gasteiger partial charge in [0.1, 0.15) is 0 Å². The van der Waals surface area contributed by atoms with Crippen LogP contribution in [0.15, 0.2) is 30.3 Å². The van der Waals surface area contributed by atoms with E-state index < -0.39 is 10.2 Å². The molecular weight excluding hydrogens is 362 g/mol. The number of hydrogen-bond acceptors (Lipinski definition) is 3. The molecule has 7 heteroatoms. The van der Waals surface area contributed by atoms with Gasteiger partial charge >= 0.3 is 0 Å². The molecule has 1 aromatic carbocycles. The van der Waals surface area contributed by atoms with Crippen LogP contribution in [0.1, 0.15) is 31.2 Å². The van der Waals surface area contributed by atoms with E-state index in [0.717, 1.165) is 25.7 Å². The summed E-state index contributed by atoms with van der Waals surface area (Å²) >= 11 is 0. The van der Waals surface area contributed by atoms with Gasteiger partial charge in [-0.2, -0.15) is 17.0 Å². The van der Waals surface area contributed by atoms with Crippen LogP contribution in [0.4, 0.5) is 0 Å². The first-order chi connectivity index (χ1) is 12.9. The first-order valence-corrected chi connectivity index (χ1v) is 11.3. The third kappa shape index (κ3) is 3.41. The van der Waals surface area contributed by atoms with Crippen LogP contribution in [-0.2, 0) is 21.4 Å². The molecule has 27 heavy (non-hydrogen) atoms. The van der Waals surface area contributed by atoms with E-state index in [-0.39, 0.29) is 29.8 Å². The Bertz CT molecular complexity index is 796. The molecule has 3 fully saturated rings. The lowest BCUT2D eigenvalue weighted by molar-refractivity contribution is -0.150. The number of amides is 1. The minimum atomic E-state index is -3.43. The van der Waals surface area contributed by atoms with Crippen molar-refractivity contribution in [2.45, 2.75) is 44.2 Å². The molecule has 3 saturated heterocycles. The molecule has 3 aliphatic rings. The third-order valence-electron chi connectivity index (χ3n) is 6.54. The molecule has 4 atom stereocenters. The predicted octanol–water partition coefficient (Wildman–Crippen LogP) is 1.74. The average molecular weight is 392 g/mol. The minimum absolute atomic E-state index is 0.0848. The summed E-state index contributed by atoms with van der Waals surface area (Å²) in [4.78, 5) is 15.0. The maximum absolute atomic E-state index is 12.8. The van der Waals surface area contributed by atoms with Crippen molar-refractivity contribution in [1.82, 2.24) is 13.5 Å². The van der Waals surface area contributed by atoms with Crippen molar-refractivity contribution in [3.05, 3.63) is 35.9 Å². The Labute approximate surface area is 162 Å². The lowest BCUT2D eigenvalue weighted by atomic mass is 9.71. The number of fused-ring (bicyclic) bond motifs is 4. The summed E-state index contributed by atoms with van der Waals surface area (Å²) in [5, 5.41) is 0. The van der Waals surface area contributed by atoms with Crippen LogP contribution in [0.3, 0.4) is 0 Å². The molecule has 1 aromatic rings. The zero-order valence-corrected chi connectivity index (χ0v) is 16.9. The Morgan fingerprint density at radius 3 is 2.52 bits per heavy atom. The Balaban J connectivity index is 1.67. The molecule has 0 N–H and O–H groups in total. The molecule has 6 nitrogen and oxygen atoms in total. The van der Waals surface area contributed by atoms with Gasteiger partial charge in [-0.25, -0.2) is 0 Å². The van der Waals surface area contributed by atoms with Crippen molar-refractivity contribution < 1.29 is 13.2 Å². The van der Waals surface area contributed by atoms with E-state index in [0.29, 0.717) is 19.5 Å². The van der Waals surface area contributed by atoms with Gasteiger partial charge in [-0.3, -0.25) is 4.79 Å². The highest BCUT2D eigenvalue weighted by molar-refractivity contribution is 7.86. The highest BCUT2D eigenvalue weighted by atomic mass is 32.2. The third-order valence-corrected chi connectivity index (χ3v) is 8.41. The van der Waals surface area contributed by atoms with E-state index >= 15 is 0 Å². The fourth-order valence-electron chi connectivity index (χ4n) is 5.27. The van der Waals surface area contributed by atoms with Gasteiger partial charge in [0, 0.05) is 45.7 Å². The second-order valence-corrected chi connectivity index (χ2v) is 10.5. The van der Waals surface area contributed by atoms with Crippen LogP contribution in [-0.4, -0.2) is 67.1 Å². The minimum Gasteiger partial charge on any atom is -0.336 e. The first-order valence-electron chi connectivity index (χ1n) is 9.90. The Kier molecular flexibility index (Phi) is 5.03. The van der Waals surface area contributed by atoms with Crippen LogP contribution in [0.25, 0.3) is 0 Å². The van der Waals surface area contributed by atoms with Crippen molar-refractivity contribution in [3.8, 4) is 0 Å². The fourth-order valence-corrected chi connectivity index (χ4v) is 6.49. The van der Waals surface area contributed by atoms with E-state index in [1.165, 1.54) is 9.87 Å². The maximum Gasteiger partial charge on any atom is 0.281 e. The van der Waals surface area contributed by atoms with Crippen LogP contribution >= 0.6 is 0 Å². The molecule has 0 radical (unpaired) electrons. The number of hydrogen-bond donors (Lipinski definition) is 0. The summed E-state index contributed by atoms with van der Waals surface area (Å²) in [6.45, 7) is 1.04. The van der Waals surface area contributed by atoms with E-state index in [4.69, 9.17) is 0 Å². The first kappa shape index (κ1) is 18.9. The molecule has 1 amide bonds. The summed E-state index contributed by atoms with van der Waals surface area (Å²) < 4.78 is 28.5. The summed E-state index contributed by atoms with van der Waals surface area (Å²) in [6, 6.07) is 10.5. The van der Waals surface area contributed by atoms with Crippen LogP contribution in [0.5, 0.6) is 0 Å². The van der Waals surface area contributed by atoms with Gasteiger partial charge < -0.3 is 4.90 Å². The van der Waals surface area contributed by atoms with Crippen molar-refractivity contribution >= 4 is 16.1 Å². The Morgan fingerprint density at radius 1 is 1.11 bits per heavy atom. The topological polar surface area (TPSA) is 60.9 Å². The average Bonchev–Trinajstić information content (AvgIpc) is 2.66. The molecule has 3 heterocycles. The predicted molar refractivity (Wildman–Crippen MR) is 104 cm³/mol. The Hall–Kier alpha value is -1.44. The second kappa shape index (κ2) is 7.18. The lowest BCUT2D eigenvalue weighted by Gasteiger charge is -2.56. The molecule has 148 valence electrons.